The van der Waals surface area contributed by atoms with Crippen molar-refractivity contribution < 1.29 is 25.9 Å². The summed E-state index contributed by atoms with van der Waals surface area (Å²) < 4.78 is 59.7. The highest BCUT2D eigenvalue weighted by molar-refractivity contribution is 7.90. The van der Waals surface area contributed by atoms with Gasteiger partial charge in [-0.25, -0.2) is 0 Å². The van der Waals surface area contributed by atoms with Gasteiger partial charge in [-0.1, -0.05) is 6.08 Å². The van der Waals surface area contributed by atoms with Crippen LogP contribution in [-0.4, -0.2) is 31.7 Å². The fourth-order valence-electron chi connectivity index (χ4n) is 1.12. The normalized spacial score (nSPS) is 18.3. The largest absolute Gasteiger partial charge is 0.290 e. The molecule has 0 spiro atoms. The maximum atomic E-state index is 10.7. The number of rotatable bonds is 3. The van der Waals surface area contributed by atoms with Crippen LogP contribution in [0.5, 0.6) is 0 Å². The minimum Gasteiger partial charge on any atom is -0.285 e. The predicted molar refractivity (Wildman–Crippen MR) is 53.0 cm³/mol. The molecule has 0 fully saturated rings. The topological polar surface area (TPSA) is 109 Å². The van der Waals surface area contributed by atoms with E-state index in [1.807, 2.05) is 0 Å². The maximum Gasteiger partial charge on any atom is 0.290 e. The van der Waals surface area contributed by atoms with E-state index in [9.17, 15) is 16.8 Å². The summed E-state index contributed by atoms with van der Waals surface area (Å²) in [6.45, 7) is 0. The Hall–Kier alpha value is -0.700. The first-order chi connectivity index (χ1) is 6.68. The van der Waals surface area contributed by atoms with Gasteiger partial charge >= 0.3 is 0 Å². The molecule has 0 bridgehead atoms. The highest BCUT2D eigenvalue weighted by Crippen LogP contribution is 2.20. The fourth-order valence-corrected chi connectivity index (χ4v) is 2.35. The third-order valence-electron chi connectivity index (χ3n) is 1.67. The molecule has 1 aliphatic carbocycles. The van der Waals surface area contributed by atoms with Gasteiger partial charge in [0.2, 0.25) is 0 Å². The first-order valence-corrected chi connectivity index (χ1v) is 6.90. The monoisotopic (exact) mass is 253 g/mol. The molecule has 2 N–H and O–H groups in total. The van der Waals surface area contributed by atoms with Gasteiger partial charge in [-0.05, 0) is 18.1 Å². The van der Waals surface area contributed by atoms with Gasteiger partial charge in [0, 0.05) is 6.42 Å². The second kappa shape index (κ2) is 4.05. The molecule has 0 aromatic heterocycles. The molecule has 1 aliphatic rings. The molecule has 0 saturated carbocycles. The smallest absolute Gasteiger partial charge is 0.285 e. The van der Waals surface area contributed by atoms with Crippen molar-refractivity contribution in [1.82, 2.24) is 0 Å². The first-order valence-electron chi connectivity index (χ1n) is 3.85. The van der Waals surface area contributed by atoms with Crippen molar-refractivity contribution in [2.75, 3.05) is 5.75 Å². The summed E-state index contributed by atoms with van der Waals surface area (Å²) in [4.78, 5) is -0.358. The van der Waals surface area contributed by atoms with Gasteiger partial charge in [-0.2, -0.15) is 16.8 Å². The minimum absolute atomic E-state index is 0.132. The Bertz CT molecular complexity index is 508. The lowest BCUT2D eigenvalue weighted by Crippen LogP contribution is -2.11. The van der Waals surface area contributed by atoms with Crippen LogP contribution in [0, 0.1) is 6.42 Å². The molecule has 0 unspecified atom stereocenters. The lowest BCUT2D eigenvalue weighted by molar-refractivity contribution is 0.484. The zero-order valence-electron chi connectivity index (χ0n) is 7.49. The third-order valence-corrected chi connectivity index (χ3v) is 3.25. The van der Waals surface area contributed by atoms with Crippen LogP contribution >= 0.6 is 0 Å². The first kappa shape index (κ1) is 12.4. The minimum atomic E-state index is -4.33. The number of hydrogen-bond acceptors (Lipinski definition) is 4. The molecule has 15 heavy (non-hydrogen) atoms. The molecule has 0 amide bonds. The zero-order valence-corrected chi connectivity index (χ0v) is 9.12. The number of hydrogen-bond donors (Lipinski definition) is 2. The second-order valence-corrected chi connectivity index (χ2v) is 5.84. The standard InChI is InChI=1S/C7H9O6S2/c8-14(9,10)5-6-2-1-3-7(4-6)15(11,12)13/h2-4H,1,5H2,(H,8,9,10)(H,11,12,13). The Balaban J connectivity index is 2.97. The van der Waals surface area contributed by atoms with Crippen LogP contribution < -0.4 is 0 Å². The molecule has 8 heteroatoms. The van der Waals surface area contributed by atoms with E-state index in [1.54, 1.807) is 0 Å². The van der Waals surface area contributed by atoms with Crippen LogP contribution in [0.4, 0.5) is 0 Å². The van der Waals surface area contributed by atoms with Crippen molar-refractivity contribution in [3.63, 3.8) is 0 Å². The summed E-state index contributed by atoms with van der Waals surface area (Å²) in [6.07, 6.45) is 3.88. The second-order valence-electron chi connectivity index (χ2n) is 2.97. The van der Waals surface area contributed by atoms with Crippen molar-refractivity contribution in [1.29, 1.82) is 0 Å². The average Bonchev–Trinajstić information content (AvgIpc) is 1.99. The van der Waals surface area contributed by atoms with Gasteiger partial charge in [-0.3, -0.25) is 9.11 Å². The Kier molecular flexibility index (Phi) is 3.34. The van der Waals surface area contributed by atoms with E-state index in [0.29, 0.717) is 0 Å². The van der Waals surface area contributed by atoms with Crippen LogP contribution in [0.1, 0.15) is 6.42 Å². The SMILES string of the molecule is O=S(=O)(O)CC1=CC[CH]C(S(=O)(=O)O)=C1. The van der Waals surface area contributed by atoms with Crippen molar-refractivity contribution in [3.05, 3.63) is 29.1 Å². The predicted octanol–water partition coefficient (Wildman–Crippen LogP) is 0.180. The molecule has 1 radical (unpaired) electrons. The van der Waals surface area contributed by atoms with E-state index >= 15 is 0 Å². The number of allylic oxidation sites excluding steroid dienone is 3. The summed E-state index contributed by atoms with van der Waals surface area (Å²) >= 11 is 0. The Labute approximate surface area is 87.8 Å². The highest BCUT2D eigenvalue weighted by atomic mass is 32.2. The van der Waals surface area contributed by atoms with Crippen molar-refractivity contribution in [2.24, 2.45) is 0 Å². The highest BCUT2D eigenvalue weighted by Gasteiger charge is 2.19. The zero-order chi connectivity index (χ0) is 11.7. The fraction of sp³-hybridized carbons (Fsp3) is 0.286. The molecular formula is C7H9O6S2. The average molecular weight is 253 g/mol. The van der Waals surface area contributed by atoms with Gasteiger partial charge in [-0.15, -0.1) is 0 Å². The third kappa shape index (κ3) is 4.12. The summed E-state index contributed by atoms with van der Waals surface area (Å²) in [5, 5.41) is 0. The maximum absolute atomic E-state index is 10.7. The van der Waals surface area contributed by atoms with Crippen molar-refractivity contribution >= 4 is 20.2 Å². The molecule has 0 atom stereocenters. The summed E-state index contributed by atoms with van der Waals surface area (Å²) in [7, 11) is -8.52. The van der Waals surface area contributed by atoms with Crippen molar-refractivity contribution in [2.45, 2.75) is 6.42 Å². The summed E-state index contributed by atoms with van der Waals surface area (Å²) in [6, 6.07) is 0. The molecule has 85 valence electrons. The van der Waals surface area contributed by atoms with Gasteiger partial charge in [0.1, 0.15) is 5.75 Å². The molecule has 0 aromatic rings. The van der Waals surface area contributed by atoms with E-state index < -0.39 is 26.0 Å². The van der Waals surface area contributed by atoms with Crippen molar-refractivity contribution in [3.8, 4) is 0 Å². The summed E-state index contributed by atoms with van der Waals surface area (Å²) in [5.41, 5.74) is 0.132. The molecular weight excluding hydrogens is 244 g/mol. The molecule has 0 saturated heterocycles. The van der Waals surface area contributed by atoms with Crippen LogP contribution in [0.2, 0.25) is 0 Å². The quantitative estimate of drug-likeness (QED) is 0.694. The molecule has 0 aromatic carbocycles. The molecule has 0 aliphatic heterocycles. The van der Waals surface area contributed by atoms with E-state index in [-0.39, 0.29) is 16.9 Å². The Morgan fingerprint density at radius 1 is 1.20 bits per heavy atom. The molecule has 0 heterocycles. The Morgan fingerprint density at radius 3 is 2.27 bits per heavy atom. The molecule has 6 nitrogen and oxygen atoms in total. The van der Waals surface area contributed by atoms with Gasteiger partial charge in [0.25, 0.3) is 20.2 Å². The Morgan fingerprint density at radius 2 is 1.80 bits per heavy atom. The lowest BCUT2D eigenvalue weighted by atomic mass is 10.1. The van der Waals surface area contributed by atoms with Gasteiger partial charge in [0.05, 0.1) is 4.91 Å². The van der Waals surface area contributed by atoms with Gasteiger partial charge < -0.3 is 0 Å². The summed E-state index contributed by atoms with van der Waals surface area (Å²) in [5.74, 6) is -0.667. The van der Waals surface area contributed by atoms with E-state index in [1.165, 1.54) is 12.5 Å². The van der Waals surface area contributed by atoms with E-state index in [4.69, 9.17) is 9.11 Å². The van der Waals surface area contributed by atoms with E-state index in [0.717, 1.165) is 6.08 Å². The van der Waals surface area contributed by atoms with E-state index in [2.05, 4.69) is 0 Å². The van der Waals surface area contributed by atoms with Crippen LogP contribution in [-0.2, 0) is 20.2 Å². The molecule has 1 rings (SSSR count). The van der Waals surface area contributed by atoms with Crippen LogP contribution in [0.25, 0.3) is 0 Å². The van der Waals surface area contributed by atoms with Gasteiger partial charge in [0.15, 0.2) is 0 Å². The van der Waals surface area contributed by atoms with Crippen LogP contribution in [0.15, 0.2) is 22.6 Å². The van der Waals surface area contributed by atoms with Crippen LogP contribution in [0.3, 0.4) is 0 Å². The lowest BCUT2D eigenvalue weighted by Gasteiger charge is -2.09.